The van der Waals surface area contributed by atoms with Crippen LogP contribution >= 0.6 is 0 Å². The van der Waals surface area contributed by atoms with Gasteiger partial charge in [-0.25, -0.2) is 4.79 Å². The number of benzene rings is 5. The van der Waals surface area contributed by atoms with Gasteiger partial charge in [0.15, 0.2) is 0 Å². The molecule has 214 valence electrons. The fourth-order valence-corrected chi connectivity index (χ4v) is 5.25. The lowest BCUT2D eigenvalue weighted by Crippen LogP contribution is -2.23. The predicted molar refractivity (Wildman–Crippen MR) is 160 cm³/mol. The van der Waals surface area contributed by atoms with E-state index in [1.807, 2.05) is 53.2 Å². The summed E-state index contributed by atoms with van der Waals surface area (Å²) in [4.78, 5) is 24.9. The number of fused-ring (bicyclic) bond motifs is 2. The average molecular weight is 579 g/mol. The van der Waals surface area contributed by atoms with Crippen molar-refractivity contribution in [1.29, 1.82) is 0 Å². The predicted octanol–water partition coefficient (Wildman–Crippen LogP) is 8.16. The molecule has 1 aromatic heterocycles. The second kappa shape index (κ2) is 11.1. The molecule has 6 aromatic rings. The molecule has 2 N–H and O–H groups in total. The number of nitrogens with one attached hydrogen (secondary N) is 1. The largest absolute Gasteiger partial charge is 0.478 e. The molecule has 0 saturated heterocycles. The zero-order valence-corrected chi connectivity index (χ0v) is 22.7. The van der Waals surface area contributed by atoms with Crippen molar-refractivity contribution >= 4 is 33.6 Å². The van der Waals surface area contributed by atoms with E-state index < -0.39 is 17.7 Å². The van der Waals surface area contributed by atoms with Crippen molar-refractivity contribution < 1.29 is 27.9 Å². The lowest BCUT2D eigenvalue weighted by atomic mass is 9.98. The number of halogens is 3. The zero-order chi connectivity index (χ0) is 30.1. The molecular weight excluding hydrogens is 553 g/mol. The number of aromatic carboxylic acids is 1. The molecule has 8 heteroatoms. The van der Waals surface area contributed by atoms with Crippen molar-refractivity contribution in [3.8, 4) is 11.1 Å². The molecule has 0 radical (unpaired) electrons. The number of aromatic nitrogens is 1. The Kier molecular flexibility index (Phi) is 7.19. The quantitative estimate of drug-likeness (QED) is 0.201. The molecule has 0 aliphatic carbocycles. The molecule has 0 spiro atoms. The Morgan fingerprint density at radius 3 is 2.12 bits per heavy atom. The van der Waals surface area contributed by atoms with Crippen molar-refractivity contribution in [3.63, 3.8) is 0 Å². The van der Waals surface area contributed by atoms with Crippen LogP contribution in [0.15, 0.2) is 115 Å². The zero-order valence-electron chi connectivity index (χ0n) is 22.7. The minimum Gasteiger partial charge on any atom is -0.478 e. The summed E-state index contributed by atoms with van der Waals surface area (Å²) >= 11 is 0. The van der Waals surface area contributed by atoms with Crippen molar-refractivity contribution in [2.75, 3.05) is 0 Å². The van der Waals surface area contributed by atoms with Gasteiger partial charge in [0.05, 0.1) is 22.2 Å². The fraction of sp³-hybridized carbons (Fsp3) is 0.0857. The normalized spacial score (nSPS) is 11.6. The number of carbonyl (C=O) groups excluding carboxylic acids is 1. The van der Waals surface area contributed by atoms with Gasteiger partial charge in [-0.05, 0) is 81.6 Å². The summed E-state index contributed by atoms with van der Waals surface area (Å²) in [5.41, 5.74) is 3.41. The average Bonchev–Trinajstić information content (AvgIpc) is 3.41. The van der Waals surface area contributed by atoms with E-state index in [9.17, 15) is 22.8 Å². The van der Waals surface area contributed by atoms with Crippen LogP contribution in [0.4, 0.5) is 13.2 Å². The van der Waals surface area contributed by atoms with Gasteiger partial charge < -0.3 is 15.0 Å². The van der Waals surface area contributed by atoms with Gasteiger partial charge in [-0.3, -0.25) is 4.79 Å². The molecule has 0 aliphatic heterocycles. The summed E-state index contributed by atoms with van der Waals surface area (Å²) in [6.45, 7) is 0.668. The first kappa shape index (κ1) is 27.8. The molecule has 0 bridgehead atoms. The van der Waals surface area contributed by atoms with Crippen LogP contribution in [-0.2, 0) is 19.3 Å². The van der Waals surface area contributed by atoms with Crippen LogP contribution in [-0.4, -0.2) is 21.6 Å². The third-order valence-electron chi connectivity index (χ3n) is 7.47. The Balaban J connectivity index is 1.37. The van der Waals surface area contributed by atoms with Crippen LogP contribution in [0.2, 0.25) is 0 Å². The molecule has 0 aliphatic rings. The van der Waals surface area contributed by atoms with Gasteiger partial charge in [-0.2, -0.15) is 13.2 Å². The molecule has 0 saturated carbocycles. The molecule has 5 nitrogen and oxygen atoms in total. The fourth-order valence-electron chi connectivity index (χ4n) is 5.25. The van der Waals surface area contributed by atoms with Crippen LogP contribution in [0.1, 0.15) is 37.4 Å². The van der Waals surface area contributed by atoms with Crippen LogP contribution in [0.5, 0.6) is 0 Å². The molecule has 0 fully saturated rings. The summed E-state index contributed by atoms with van der Waals surface area (Å²) in [6.07, 6.45) is -2.55. The summed E-state index contributed by atoms with van der Waals surface area (Å²) in [5.74, 6) is -1.40. The first-order valence-corrected chi connectivity index (χ1v) is 13.5. The maximum absolute atomic E-state index is 13.7. The van der Waals surface area contributed by atoms with E-state index in [4.69, 9.17) is 5.11 Å². The Morgan fingerprint density at radius 2 is 1.42 bits per heavy atom. The SMILES string of the molecule is O=C(O)c1ccc(CNC(=O)c2cc(-c3ccc(C(F)(F)F)cc3)cc3ccn(Cc4ccc5ccccc5c4)c23)cc1. The van der Waals surface area contributed by atoms with Crippen LogP contribution in [0, 0.1) is 0 Å². The minimum absolute atomic E-state index is 0.146. The van der Waals surface area contributed by atoms with Crippen molar-refractivity contribution in [2.24, 2.45) is 0 Å². The molecule has 1 amide bonds. The smallest absolute Gasteiger partial charge is 0.416 e. The maximum atomic E-state index is 13.7. The monoisotopic (exact) mass is 578 g/mol. The van der Waals surface area contributed by atoms with Gasteiger partial charge >= 0.3 is 12.1 Å². The molecule has 6 rings (SSSR count). The number of nitrogens with zero attached hydrogens (tertiary/aromatic N) is 1. The van der Waals surface area contributed by atoms with Crippen molar-refractivity contribution in [3.05, 3.63) is 143 Å². The van der Waals surface area contributed by atoms with Gasteiger partial charge in [0.25, 0.3) is 5.91 Å². The van der Waals surface area contributed by atoms with E-state index >= 15 is 0 Å². The van der Waals surface area contributed by atoms with Gasteiger partial charge in [0.1, 0.15) is 0 Å². The Labute approximate surface area is 244 Å². The van der Waals surface area contributed by atoms with E-state index in [-0.39, 0.29) is 18.0 Å². The first-order valence-electron chi connectivity index (χ1n) is 13.5. The summed E-state index contributed by atoms with van der Waals surface area (Å²) in [7, 11) is 0. The molecular formula is C35H25F3N2O3. The molecule has 0 unspecified atom stereocenters. The van der Waals surface area contributed by atoms with Gasteiger partial charge in [-0.1, -0.05) is 60.7 Å². The van der Waals surface area contributed by atoms with Crippen LogP contribution in [0.25, 0.3) is 32.8 Å². The van der Waals surface area contributed by atoms with Crippen molar-refractivity contribution in [1.82, 2.24) is 9.88 Å². The van der Waals surface area contributed by atoms with Crippen molar-refractivity contribution in [2.45, 2.75) is 19.3 Å². The first-order chi connectivity index (χ1) is 20.7. The highest BCUT2D eigenvalue weighted by molar-refractivity contribution is 6.08. The van der Waals surface area contributed by atoms with E-state index in [2.05, 4.69) is 17.4 Å². The topological polar surface area (TPSA) is 71.3 Å². The lowest BCUT2D eigenvalue weighted by Gasteiger charge is -2.14. The van der Waals surface area contributed by atoms with Crippen LogP contribution in [0.3, 0.4) is 0 Å². The highest BCUT2D eigenvalue weighted by Gasteiger charge is 2.30. The van der Waals surface area contributed by atoms with Gasteiger partial charge in [0, 0.05) is 24.7 Å². The number of hydrogen-bond acceptors (Lipinski definition) is 2. The molecule has 1 heterocycles. The van der Waals surface area contributed by atoms with E-state index in [0.29, 0.717) is 28.8 Å². The van der Waals surface area contributed by atoms with E-state index in [0.717, 1.165) is 39.4 Å². The van der Waals surface area contributed by atoms with E-state index in [1.54, 1.807) is 18.2 Å². The maximum Gasteiger partial charge on any atom is 0.416 e. The third kappa shape index (κ3) is 5.85. The second-order valence-electron chi connectivity index (χ2n) is 10.3. The number of carboxylic acid groups (broad SMARTS) is 1. The molecule has 0 atom stereocenters. The summed E-state index contributed by atoms with van der Waals surface area (Å²) in [5, 5.41) is 15.1. The summed E-state index contributed by atoms with van der Waals surface area (Å²) in [6, 6.07) is 30.8. The Hall–Kier alpha value is -5.37. The highest BCUT2D eigenvalue weighted by atomic mass is 19.4. The van der Waals surface area contributed by atoms with Crippen LogP contribution < -0.4 is 5.32 Å². The second-order valence-corrected chi connectivity index (χ2v) is 10.3. The third-order valence-corrected chi connectivity index (χ3v) is 7.47. The number of alkyl halides is 3. The lowest BCUT2D eigenvalue weighted by molar-refractivity contribution is -0.137. The number of hydrogen-bond donors (Lipinski definition) is 2. The molecule has 5 aromatic carbocycles. The van der Waals surface area contributed by atoms with Gasteiger partial charge in [0.2, 0.25) is 0 Å². The highest BCUT2D eigenvalue weighted by Crippen LogP contribution is 2.33. The summed E-state index contributed by atoms with van der Waals surface area (Å²) < 4.78 is 41.5. The Bertz CT molecular complexity index is 1980. The minimum atomic E-state index is -4.45. The number of carbonyl (C=O) groups is 2. The standard InChI is InChI=1S/C35H25F3N2O3/c36-35(37,38)30-13-11-25(12-14-30)29-18-28-15-16-40(21-23-7-8-24-3-1-2-4-27(24)17-23)32(28)31(19-29)33(41)39-20-22-5-9-26(10-6-22)34(42)43/h1-19H,20-21H2,(H,39,41)(H,42,43). The molecule has 43 heavy (non-hydrogen) atoms. The Morgan fingerprint density at radius 1 is 0.721 bits per heavy atom. The number of rotatable bonds is 7. The van der Waals surface area contributed by atoms with E-state index in [1.165, 1.54) is 24.3 Å². The van der Waals surface area contributed by atoms with Gasteiger partial charge in [-0.15, -0.1) is 0 Å². The number of carboxylic acids is 1. The number of amides is 1.